The Kier molecular flexibility index (Phi) is 24.9. The van der Waals surface area contributed by atoms with E-state index in [0.29, 0.717) is 19.1 Å². The first-order valence-electron chi connectivity index (χ1n) is 16.3. The average molecular weight is 581 g/mol. The molecule has 0 saturated heterocycles. The van der Waals surface area contributed by atoms with Crippen molar-refractivity contribution >= 4 is 29.9 Å². The zero-order valence-corrected chi connectivity index (χ0v) is 26.5. The van der Waals surface area contributed by atoms with Gasteiger partial charge in [0.25, 0.3) is 0 Å². The second-order valence-electron chi connectivity index (χ2n) is 11.8. The molecule has 0 heterocycles. The maximum atomic E-state index is 12.5. The minimum Gasteiger partial charge on any atom is -0.356 e. The van der Waals surface area contributed by atoms with E-state index in [-0.39, 0.29) is 37.2 Å². The van der Waals surface area contributed by atoms with Crippen molar-refractivity contribution in [1.82, 2.24) is 21.3 Å². The van der Waals surface area contributed by atoms with Crippen LogP contribution in [0.15, 0.2) is 0 Å². The molecule has 2 atom stereocenters. The quantitative estimate of drug-likeness (QED) is 0.0792. The van der Waals surface area contributed by atoms with Gasteiger partial charge in [-0.15, -0.1) is 0 Å². The summed E-state index contributed by atoms with van der Waals surface area (Å²) < 4.78 is 0. The number of hydrogen-bond donors (Lipinski definition) is 4. The first-order chi connectivity index (χ1) is 19.7. The summed E-state index contributed by atoms with van der Waals surface area (Å²) in [6.45, 7) is 7.59. The van der Waals surface area contributed by atoms with Crippen LogP contribution in [0.1, 0.15) is 143 Å². The third-order valence-electron chi connectivity index (χ3n) is 7.06. The molecule has 0 aliphatic rings. The second kappa shape index (κ2) is 26.4. The molecule has 0 aliphatic heterocycles. The summed E-state index contributed by atoms with van der Waals surface area (Å²) in [5, 5.41) is 10.4. The number of nitrogens with one attached hydrogen (secondary N) is 4. The molecule has 0 aromatic carbocycles. The Morgan fingerprint density at radius 2 is 1.12 bits per heavy atom. The van der Waals surface area contributed by atoms with E-state index in [0.717, 1.165) is 19.3 Å². The largest absolute Gasteiger partial charge is 0.356 e. The second-order valence-corrected chi connectivity index (χ2v) is 11.8. The number of aldehydes is 1. The monoisotopic (exact) mass is 580 g/mol. The molecule has 9 heteroatoms. The van der Waals surface area contributed by atoms with E-state index in [4.69, 9.17) is 0 Å². The van der Waals surface area contributed by atoms with Crippen molar-refractivity contribution in [3.05, 3.63) is 0 Å². The Morgan fingerprint density at radius 3 is 1.61 bits per heavy atom. The van der Waals surface area contributed by atoms with Crippen LogP contribution in [0.2, 0.25) is 0 Å². The van der Waals surface area contributed by atoms with Gasteiger partial charge in [-0.25, -0.2) is 0 Å². The van der Waals surface area contributed by atoms with Gasteiger partial charge < -0.3 is 26.1 Å². The summed E-state index contributed by atoms with van der Waals surface area (Å²) >= 11 is 0. The maximum absolute atomic E-state index is 12.5. The predicted molar refractivity (Wildman–Crippen MR) is 165 cm³/mol. The first-order valence-corrected chi connectivity index (χ1v) is 16.3. The van der Waals surface area contributed by atoms with Gasteiger partial charge in [-0.3, -0.25) is 19.2 Å². The molecule has 0 saturated carbocycles. The van der Waals surface area contributed by atoms with Crippen LogP contribution in [-0.4, -0.2) is 55.1 Å². The summed E-state index contributed by atoms with van der Waals surface area (Å²) in [5.74, 6) is -1.19. The van der Waals surface area contributed by atoms with Crippen molar-refractivity contribution in [3.8, 4) is 0 Å². The summed E-state index contributed by atoms with van der Waals surface area (Å²) in [6.07, 6.45) is 20.8. The molecular formula is C32H60N4O5. The number of hydrogen-bond acceptors (Lipinski definition) is 5. The van der Waals surface area contributed by atoms with E-state index in [1.165, 1.54) is 84.0 Å². The van der Waals surface area contributed by atoms with Crippen LogP contribution in [-0.2, 0) is 24.0 Å². The molecule has 4 N–H and O–H groups in total. The normalized spacial score (nSPS) is 12.4. The van der Waals surface area contributed by atoms with E-state index in [1.807, 2.05) is 13.8 Å². The van der Waals surface area contributed by atoms with Crippen LogP contribution in [0.5, 0.6) is 0 Å². The Balaban J connectivity index is 3.90. The maximum Gasteiger partial charge on any atom is 0.243 e. The Labute approximate surface area is 249 Å². The van der Waals surface area contributed by atoms with Crippen LogP contribution < -0.4 is 21.3 Å². The van der Waals surface area contributed by atoms with Crippen molar-refractivity contribution in [2.75, 3.05) is 13.1 Å². The van der Waals surface area contributed by atoms with Crippen LogP contribution in [0.3, 0.4) is 0 Å². The van der Waals surface area contributed by atoms with Gasteiger partial charge in [0.2, 0.25) is 23.6 Å². The number of rotatable bonds is 27. The van der Waals surface area contributed by atoms with Gasteiger partial charge in [0, 0.05) is 19.4 Å². The molecule has 0 rings (SSSR count). The number of unbranched alkanes of at least 4 members (excludes halogenated alkanes) is 14. The van der Waals surface area contributed by atoms with Gasteiger partial charge in [-0.05, 0) is 25.7 Å². The van der Waals surface area contributed by atoms with Gasteiger partial charge in [0.1, 0.15) is 12.3 Å². The lowest BCUT2D eigenvalue weighted by Gasteiger charge is -2.20. The molecule has 0 bridgehead atoms. The van der Waals surface area contributed by atoms with Crippen LogP contribution in [0.25, 0.3) is 0 Å². The van der Waals surface area contributed by atoms with Crippen LogP contribution in [0, 0.1) is 5.92 Å². The minimum absolute atomic E-state index is 0.0560. The topological polar surface area (TPSA) is 133 Å². The molecule has 0 aromatic heterocycles. The fourth-order valence-electron chi connectivity index (χ4n) is 4.66. The number of carbonyl (C=O) groups excluding carboxylic acids is 5. The van der Waals surface area contributed by atoms with Crippen molar-refractivity contribution < 1.29 is 24.0 Å². The van der Waals surface area contributed by atoms with E-state index in [2.05, 4.69) is 28.2 Å². The highest BCUT2D eigenvalue weighted by molar-refractivity contribution is 5.91. The SMILES string of the molecule is CCCCCCCCCCCCCCCCCC(=O)NCCC(=O)N[C@@H](CC(C)C)C(=O)NCC(=O)N[C@@H](C)C=O. The molecular weight excluding hydrogens is 520 g/mol. The van der Waals surface area contributed by atoms with Crippen molar-refractivity contribution in [2.45, 2.75) is 155 Å². The number of carbonyl (C=O) groups is 5. The van der Waals surface area contributed by atoms with Gasteiger partial charge in [0.15, 0.2) is 0 Å². The predicted octanol–water partition coefficient (Wildman–Crippen LogP) is 5.10. The molecule has 9 nitrogen and oxygen atoms in total. The summed E-state index contributed by atoms with van der Waals surface area (Å²) in [6, 6.07) is -1.42. The van der Waals surface area contributed by atoms with E-state index in [1.54, 1.807) is 0 Å². The average Bonchev–Trinajstić information content (AvgIpc) is 2.93. The standard InChI is InChI=1S/C32H60N4O5/c1-5-6-7-8-9-10-11-12-13-14-15-16-17-18-19-20-29(38)33-22-21-30(39)36-28(23-26(2)3)32(41)34-24-31(40)35-27(4)25-37/h25-28H,5-24H2,1-4H3,(H,33,38)(H,34,41)(H,35,40)(H,36,39)/t27-,28-/m0/s1. The zero-order valence-electron chi connectivity index (χ0n) is 26.5. The Morgan fingerprint density at radius 1 is 0.610 bits per heavy atom. The third kappa shape index (κ3) is 25.0. The Hall–Kier alpha value is -2.45. The van der Waals surface area contributed by atoms with E-state index >= 15 is 0 Å². The minimum atomic E-state index is -0.783. The van der Waals surface area contributed by atoms with Gasteiger partial charge in [0.05, 0.1) is 12.6 Å². The smallest absolute Gasteiger partial charge is 0.243 e. The lowest BCUT2D eigenvalue weighted by atomic mass is 10.0. The van der Waals surface area contributed by atoms with Crippen molar-refractivity contribution in [1.29, 1.82) is 0 Å². The van der Waals surface area contributed by atoms with Gasteiger partial charge in [-0.1, -0.05) is 111 Å². The molecule has 238 valence electrons. The van der Waals surface area contributed by atoms with Crippen molar-refractivity contribution in [3.63, 3.8) is 0 Å². The molecule has 0 radical (unpaired) electrons. The summed E-state index contributed by atoms with van der Waals surface area (Å²) in [5.41, 5.74) is 0. The zero-order chi connectivity index (χ0) is 30.7. The molecule has 4 amide bonds. The summed E-state index contributed by atoms with van der Waals surface area (Å²) in [4.78, 5) is 59.5. The van der Waals surface area contributed by atoms with E-state index in [9.17, 15) is 24.0 Å². The summed E-state index contributed by atoms with van der Waals surface area (Å²) in [7, 11) is 0. The highest BCUT2D eigenvalue weighted by Gasteiger charge is 2.22. The number of amides is 4. The third-order valence-corrected chi connectivity index (χ3v) is 7.06. The highest BCUT2D eigenvalue weighted by Crippen LogP contribution is 2.13. The molecule has 0 aromatic rings. The van der Waals surface area contributed by atoms with Crippen LogP contribution >= 0.6 is 0 Å². The van der Waals surface area contributed by atoms with Crippen LogP contribution in [0.4, 0.5) is 0 Å². The molecule has 41 heavy (non-hydrogen) atoms. The lowest BCUT2D eigenvalue weighted by Crippen LogP contribution is -2.50. The molecule has 0 unspecified atom stereocenters. The Bertz CT molecular complexity index is 729. The van der Waals surface area contributed by atoms with Gasteiger partial charge in [-0.2, -0.15) is 0 Å². The molecule has 0 fully saturated rings. The molecule has 0 aliphatic carbocycles. The highest BCUT2D eigenvalue weighted by atomic mass is 16.2. The van der Waals surface area contributed by atoms with E-state index < -0.39 is 23.9 Å². The first kappa shape index (κ1) is 38.5. The molecule has 0 spiro atoms. The lowest BCUT2D eigenvalue weighted by molar-refractivity contribution is -0.131. The van der Waals surface area contributed by atoms with Gasteiger partial charge >= 0.3 is 0 Å². The fourth-order valence-corrected chi connectivity index (χ4v) is 4.66. The van der Waals surface area contributed by atoms with Crippen molar-refractivity contribution in [2.24, 2.45) is 5.92 Å². The fraction of sp³-hybridized carbons (Fsp3) is 0.844.